The number of imidazole rings is 1. The molecule has 0 aliphatic carbocycles. The maximum absolute atomic E-state index is 11.8. The number of amides is 1. The van der Waals surface area contributed by atoms with Crippen molar-refractivity contribution in [3.63, 3.8) is 0 Å². The third kappa shape index (κ3) is 3.47. The Labute approximate surface area is 106 Å². The van der Waals surface area contributed by atoms with E-state index in [1.54, 1.807) is 22.7 Å². The van der Waals surface area contributed by atoms with E-state index in [-0.39, 0.29) is 18.6 Å². The first-order chi connectivity index (χ1) is 7.97. The van der Waals surface area contributed by atoms with Crippen molar-refractivity contribution < 1.29 is 9.90 Å². The minimum absolute atomic E-state index is 0.0378. The molecule has 0 bridgehead atoms. The van der Waals surface area contributed by atoms with E-state index in [2.05, 4.69) is 4.98 Å². The average Bonchev–Trinajstić information content (AvgIpc) is 2.65. The second kappa shape index (κ2) is 6.07. The van der Waals surface area contributed by atoms with Crippen LogP contribution in [0.5, 0.6) is 0 Å². The first-order valence-corrected chi connectivity index (χ1v) is 6.45. The summed E-state index contributed by atoms with van der Waals surface area (Å²) in [6.45, 7) is 3.92. The Bertz CT molecular complexity index is 390. The van der Waals surface area contributed by atoms with Crippen LogP contribution in [0.1, 0.15) is 19.5 Å². The Morgan fingerprint density at radius 3 is 2.76 bits per heavy atom. The molecule has 0 saturated heterocycles. The highest BCUT2D eigenvalue weighted by molar-refractivity contribution is 7.99. The van der Waals surface area contributed by atoms with Crippen LogP contribution < -0.4 is 0 Å². The molecule has 0 atom stereocenters. The van der Waals surface area contributed by atoms with Crippen LogP contribution in [-0.4, -0.2) is 44.3 Å². The van der Waals surface area contributed by atoms with Gasteiger partial charge in [-0.05, 0) is 13.8 Å². The highest BCUT2D eigenvalue weighted by Gasteiger charge is 2.14. The number of carbonyl (C=O) groups is 1. The Balaban J connectivity index is 2.56. The van der Waals surface area contributed by atoms with Crippen molar-refractivity contribution in [2.75, 3.05) is 12.8 Å². The zero-order chi connectivity index (χ0) is 13.0. The Morgan fingerprint density at radius 1 is 1.65 bits per heavy atom. The largest absolute Gasteiger partial charge is 0.390 e. The minimum atomic E-state index is -0.0378. The van der Waals surface area contributed by atoms with Crippen molar-refractivity contribution in [1.82, 2.24) is 14.5 Å². The lowest BCUT2D eigenvalue weighted by Crippen LogP contribution is -2.34. The van der Waals surface area contributed by atoms with Gasteiger partial charge in [-0.1, -0.05) is 11.8 Å². The van der Waals surface area contributed by atoms with Crippen molar-refractivity contribution in [3.8, 4) is 0 Å². The third-order valence-electron chi connectivity index (χ3n) is 2.70. The van der Waals surface area contributed by atoms with Gasteiger partial charge in [0.05, 0.1) is 24.3 Å². The highest BCUT2D eigenvalue weighted by atomic mass is 32.2. The van der Waals surface area contributed by atoms with Gasteiger partial charge >= 0.3 is 0 Å². The number of aromatic nitrogens is 2. The van der Waals surface area contributed by atoms with Gasteiger partial charge in [0.25, 0.3) is 0 Å². The van der Waals surface area contributed by atoms with Gasteiger partial charge in [-0.25, -0.2) is 4.98 Å². The van der Waals surface area contributed by atoms with Crippen LogP contribution in [0, 0.1) is 0 Å². The molecule has 1 rings (SSSR count). The molecule has 17 heavy (non-hydrogen) atoms. The van der Waals surface area contributed by atoms with Gasteiger partial charge in [0.15, 0.2) is 5.16 Å². The lowest BCUT2D eigenvalue weighted by Gasteiger charge is -2.20. The Hall–Kier alpha value is -1.01. The summed E-state index contributed by atoms with van der Waals surface area (Å²) in [5.74, 6) is 0.447. The first-order valence-electron chi connectivity index (χ1n) is 5.47. The highest BCUT2D eigenvalue weighted by Crippen LogP contribution is 2.17. The van der Waals surface area contributed by atoms with Crippen molar-refractivity contribution in [1.29, 1.82) is 0 Å². The van der Waals surface area contributed by atoms with Gasteiger partial charge < -0.3 is 14.6 Å². The fourth-order valence-corrected chi connectivity index (χ4v) is 2.12. The van der Waals surface area contributed by atoms with Gasteiger partial charge in [-0.15, -0.1) is 0 Å². The van der Waals surface area contributed by atoms with Crippen LogP contribution in [0.2, 0.25) is 0 Å². The maximum atomic E-state index is 11.8. The fourth-order valence-electron chi connectivity index (χ4n) is 1.22. The molecule has 0 saturated carbocycles. The van der Waals surface area contributed by atoms with Gasteiger partial charge in [-0.3, -0.25) is 4.79 Å². The normalized spacial score (nSPS) is 10.9. The van der Waals surface area contributed by atoms with E-state index >= 15 is 0 Å². The van der Waals surface area contributed by atoms with Gasteiger partial charge in [0.2, 0.25) is 5.91 Å². The summed E-state index contributed by atoms with van der Waals surface area (Å²) in [6, 6.07) is 0.206. The second-order valence-electron chi connectivity index (χ2n) is 4.14. The molecule has 6 heteroatoms. The molecule has 0 fully saturated rings. The number of hydrogen-bond donors (Lipinski definition) is 1. The molecule has 1 aromatic heterocycles. The molecular formula is C11H19N3O2S. The lowest BCUT2D eigenvalue weighted by molar-refractivity contribution is -0.128. The monoisotopic (exact) mass is 257 g/mol. The summed E-state index contributed by atoms with van der Waals surface area (Å²) in [5, 5.41) is 9.77. The molecule has 0 spiro atoms. The van der Waals surface area contributed by atoms with E-state index < -0.39 is 0 Å². The summed E-state index contributed by atoms with van der Waals surface area (Å²) in [5.41, 5.74) is 0.747. The SMILES string of the molecule is CC(C)N(C)C(=O)CSc1ncc(CO)n1C. The van der Waals surface area contributed by atoms with E-state index in [9.17, 15) is 4.79 Å². The molecule has 0 aliphatic rings. The second-order valence-corrected chi connectivity index (χ2v) is 5.08. The molecule has 1 N–H and O–H groups in total. The lowest BCUT2D eigenvalue weighted by atomic mass is 10.3. The molecule has 1 amide bonds. The standard InChI is InChI=1S/C11H19N3O2S/c1-8(2)13(3)10(16)7-17-11-12-5-9(6-15)14(11)4/h5,8,15H,6-7H2,1-4H3. The predicted octanol–water partition coefficient (Wildman–Crippen LogP) is 0.871. The number of carbonyl (C=O) groups excluding carboxylic acids is 1. The van der Waals surface area contributed by atoms with Gasteiger partial charge in [-0.2, -0.15) is 0 Å². The van der Waals surface area contributed by atoms with E-state index in [0.717, 1.165) is 10.9 Å². The number of nitrogens with zero attached hydrogens (tertiary/aromatic N) is 3. The van der Waals surface area contributed by atoms with Crippen LogP contribution in [0.25, 0.3) is 0 Å². The summed E-state index contributed by atoms with van der Waals surface area (Å²) < 4.78 is 1.80. The van der Waals surface area contributed by atoms with Crippen LogP contribution in [0.4, 0.5) is 0 Å². The summed E-state index contributed by atoms with van der Waals surface area (Å²) in [4.78, 5) is 17.6. The average molecular weight is 257 g/mol. The van der Waals surface area contributed by atoms with Crippen LogP contribution in [0.15, 0.2) is 11.4 Å². The molecule has 0 unspecified atom stereocenters. The summed E-state index contributed by atoms with van der Waals surface area (Å²) in [7, 11) is 3.63. The fraction of sp³-hybridized carbons (Fsp3) is 0.636. The van der Waals surface area contributed by atoms with Gasteiger partial charge in [0, 0.05) is 20.1 Å². The quantitative estimate of drug-likeness (QED) is 0.795. The maximum Gasteiger partial charge on any atom is 0.233 e. The number of aliphatic hydroxyl groups excluding tert-OH is 1. The minimum Gasteiger partial charge on any atom is -0.390 e. The van der Waals surface area contributed by atoms with E-state index in [1.165, 1.54) is 11.8 Å². The van der Waals surface area contributed by atoms with Crippen molar-refractivity contribution in [2.24, 2.45) is 7.05 Å². The van der Waals surface area contributed by atoms with Crippen molar-refractivity contribution in [2.45, 2.75) is 31.7 Å². The zero-order valence-electron chi connectivity index (χ0n) is 10.7. The molecule has 1 heterocycles. The molecule has 96 valence electrons. The number of rotatable bonds is 5. The molecule has 5 nitrogen and oxygen atoms in total. The Kier molecular flexibility index (Phi) is 5.02. The van der Waals surface area contributed by atoms with Crippen molar-refractivity contribution in [3.05, 3.63) is 11.9 Å². The molecular weight excluding hydrogens is 238 g/mol. The molecule has 0 aliphatic heterocycles. The summed E-state index contributed by atoms with van der Waals surface area (Å²) in [6.07, 6.45) is 1.62. The van der Waals surface area contributed by atoms with Crippen LogP contribution >= 0.6 is 11.8 Å². The molecule has 0 radical (unpaired) electrons. The predicted molar refractivity (Wildman–Crippen MR) is 67.8 cm³/mol. The topological polar surface area (TPSA) is 58.4 Å². The third-order valence-corrected chi connectivity index (χ3v) is 3.73. The van der Waals surface area contributed by atoms with Gasteiger partial charge in [0.1, 0.15) is 0 Å². The van der Waals surface area contributed by atoms with Crippen molar-refractivity contribution >= 4 is 17.7 Å². The molecule has 1 aromatic rings. The van der Waals surface area contributed by atoms with Crippen LogP contribution in [0.3, 0.4) is 0 Å². The first kappa shape index (κ1) is 14.1. The Morgan fingerprint density at radius 2 is 2.29 bits per heavy atom. The number of hydrogen-bond acceptors (Lipinski definition) is 4. The number of aliphatic hydroxyl groups is 1. The zero-order valence-corrected chi connectivity index (χ0v) is 11.5. The molecule has 0 aromatic carbocycles. The van der Waals surface area contributed by atoms with Crippen LogP contribution in [-0.2, 0) is 18.4 Å². The van der Waals surface area contributed by atoms with E-state index in [4.69, 9.17) is 5.11 Å². The summed E-state index contributed by atoms with van der Waals surface area (Å²) >= 11 is 1.39. The van der Waals surface area contributed by atoms with E-state index in [1.807, 2.05) is 20.9 Å². The number of thioether (sulfide) groups is 1. The smallest absolute Gasteiger partial charge is 0.233 e. The van der Waals surface area contributed by atoms with E-state index in [0.29, 0.717) is 5.75 Å².